The van der Waals surface area contributed by atoms with Gasteiger partial charge in [-0.15, -0.1) is 0 Å². The van der Waals surface area contributed by atoms with Gasteiger partial charge in [0.1, 0.15) is 5.82 Å². The number of carbonyl (C=O) groups excluding carboxylic acids is 2. The van der Waals surface area contributed by atoms with Crippen LogP contribution in [0, 0.1) is 5.82 Å². The number of hydrogen-bond donors (Lipinski definition) is 1. The number of H-pyrrole nitrogens is 1. The Kier molecular flexibility index (Phi) is 5.84. The quantitative estimate of drug-likeness (QED) is 0.711. The second-order valence-electron chi connectivity index (χ2n) is 7.77. The molecule has 3 aromatic rings. The van der Waals surface area contributed by atoms with Crippen LogP contribution in [0.2, 0.25) is 0 Å². The van der Waals surface area contributed by atoms with E-state index in [1.165, 1.54) is 12.1 Å². The Bertz CT molecular complexity index is 1060. The predicted octanol–water partition coefficient (Wildman–Crippen LogP) is 3.99. The van der Waals surface area contributed by atoms with Gasteiger partial charge in [-0.2, -0.15) is 0 Å². The van der Waals surface area contributed by atoms with E-state index < -0.39 is 0 Å². The van der Waals surface area contributed by atoms with Crippen molar-refractivity contribution in [2.45, 2.75) is 26.2 Å². The van der Waals surface area contributed by atoms with Crippen molar-refractivity contribution in [3.63, 3.8) is 0 Å². The number of halogens is 1. The third-order valence-corrected chi connectivity index (χ3v) is 5.81. The lowest BCUT2D eigenvalue weighted by atomic mass is 10.0. The van der Waals surface area contributed by atoms with Crippen molar-refractivity contribution in [2.75, 3.05) is 26.2 Å². The van der Waals surface area contributed by atoms with Gasteiger partial charge in [-0.25, -0.2) is 4.39 Å². The fourth-order valence-electron chi connectivity index (χ4n) is 4.20. The third-order valence-electron chi connectivity index (χ3n) is 5.81. The Morgan fingerprint density at radius 3 is 2.50 bits per heavy atom. The van der Waals surface area contributed by atoms with Crippen LogP contribution in [0.25, 0.3) is 22.2 Å². The van der Waals surface area contributed by atoms with E-state index in [2.05, 4.69) is 4.98 Å². The highest BCUT2D eigenvalue weighted by Crippen LogP contribution is 2.32. The molecule has 1 aliphatic rings. The van der Waals surface area contributed by atoms with Crippen LogP contribution in [0.15, 0.2) is 48.5 Å². The fourth-order valence-corrected chi connectivity index (χ4v) is 4.20. The van der Waals surface area contributed by atoms with Crippen LogP contribution in [-0.2, 0) is 16.0 Å². The molecule has 0 aliphatic carbocycles. The summed E-state index contributed by atoms with van der Waals surface area (Å²) < 4.78 is 13.9. The molecule has 30 heavy (non-hydrogen) atoms. The molecule has 1 aliphatic heterocycles. The first-order chi connectivity index (χ1) is 14.5. The van der Waals surface area contributed by atoms with Crippen LogP contribution < -0.4 is 0 Å². The monoisotopic (exact) mass is 407 g/mol. The zero-order chi connectivity index (χ0) is 21.1. The van der Waals surface area contributed by atoms with Crippen molar-refractivity contribution in [3.8, 4) is 11.3 Å². The standard InChI is InChI=1S/C24H26FN3O2/c1-17(29)27-12-5-13-28(15-14-27)23(30)11-9-20-21-16-19(25)8-10-22(21)26-24(20)18-6-3-2-4-7-18/h2-4,6-8,10,16,26H,5,9,11-15H2,1H3. The van der Waals surface area contributed by atoms with Crippen molar-refractivity contribution >= 4 is 22.7 Å². The lowest BCUT2D eigenvalue weighted by molar-refractivity contribution is -0.132. The van der Waals surface area contributed by atoms with E-state index >= 15 is 0 Å². The van der Waals surface area contributed by atoms with Gasteiger partial charge in [-0.1, -0.05) is 30.3 Å². The predicted molar refractivity (Wildman–Crippen MR) is 115 cm³/mol. The van der Waals surface area contributed by atoms with Crippen LogP contribution >= 0.6 is 0 Å². The molecule has 2 amide bonds. The number of carbonyl (C=O) groups is 2. The van der Waals surface area contributed by atoms with Crippen molar-refractivity contribution in [1.29, 1.82) is 0 Å². The molecule has 0 radical (unpaired) electrons. The molecule has 0 atom stereocenters. The second-order valence-corrected chi connectivity index (χ2v) is 7.77. The SMILES string of the molecule is CC(=O)N1CCCN(C(=O)CCc2c(-c3ccccc3)[nH]c3ccc(F)cc23)CC1. The number of nitrogens with zero attached hydrogens (tertiary/aromatic N) is 2. The number of rotatable bonds is 4. The van der Waals surface area contributed by atoms with E-state index in [1.54, 1.807) is 17.9 Å². The summed E-state index contributed by atoms with van der Waals surface area (Å²) in [7, 11) is 0. The summed E-state index contributed by atoms with van der Waals surface area (Å²) in [5.74, 6) is -0.159. The first kappa shape index (κ1) is 20.1. The van der Waals surface area contributed by atoms with E-state index in [0.29, 0.717) is 39.0 Å². The van der Waals surface area contributed by atoms with Gasteiger partial charge >= 0.3 is 0 Å². The maximum absolute atomic E-state index is 13.9. The Hall–Kier alpha value is -3.15. The Balaban J connectivity index is 1.55. The molecule has 0 unspecified atom stereocenters. The van der Waals surface area contributed by atoms with Gasteiger partial charge in [-0.3, -0.25) is 9.59 Å². The number of nitrogens with one attached hydrogen (secondary N) is 1. The minimum Gasteiger partial charge on any atom is -0.354 e. The maximum atomic E-state index is 13.9. The summed E-state index contributed by atoms with van der Waals surface area (Å²) >= 11 is 0. The van der Waals surface area contributed by atoms with Gasteiger partial charge in [0.05, 0.1) is 0 Å². The van der Waals surface area contributed by atoms with Gasteiger partial charge in [0.15, 0.2) is 0 Å². The fraction of sp³-hybridized carbons (Fsp3) is 0.333. The third kappa shape index (κ3) is 4.22. The van der Waals surface area contributed by atoms with E-state index in [1.807, 2.05) is 35.2 Å². The first-order valence-electron chi connectivity index (χ1n) is 10.4. The van der Waals surface area contributed by atoms with Gasteiger partial charge in [0.25, 0.3) is 0 Å². The Labute approximate surface area is 175 Å². The molecule has 0 saturated carbocycles. The summed E-state index contributed by atoms with van der Waals surface area (Å²) in [4.78, 5) is 31.6. The topological polar surface area (TPSA) is 56.4 Å². The molecular weight excluding hydrogens is 381 g/mol. The Morgan fingerprint density at radius 1 is 1.00 bits per heavy atom. The van der Waals surface area contributed by atoms with Crippen molar-refractivity contribution in [2.24, 2.45) is 0 Å². The van der Waals surface area contributed by atoms with Crippen LogP contribution in [0.1, 0.15) is 25.3 Å². The van der Waals surface area contributed by atoms with E-state index in [0.717, 1.165) is 34.1 Å². The highest BCUT2D eigenvalue weighted by atomic mass is 19.1. The van der Waals surface area contributed by atoms with Crippen molar-refractivity contribution < 1.29 is 14.0 Å². The number of aromatic amines is 1. The number of amides is 2. The van der Waals surface area contributed by atoms with Crippen LogP contribution in [0.3, 0.4) is 0 Å². The molecule has 1 N–H and O–H groups in total. The first-order valence-corrected chi connectivity index (χ1v) is 10.4. The molecule has 5 nitrogen and oxygen atoms in total. The molecular formula is C24H26FN3O2. The molecule has 0 spiro atoms. The van der Waals surface area contributed by atoms with E-state index in [4.69, 9.17) is 0 Å². The summed E-state index contributed by atoms with van der Waals surface area (Å²) in [5.41, 5.74) is 3.78. The van der Waals surface area contributed by atoms with E-state index in [9.17, 15) is 14.0 Å². The zero-order valence-electron chi connectivity index (χ0n) is 17.2. The van der Waals surface area contributed by atoms with Crippen LogP contribution in [0.5, 0.6) is 0 Å². The number of hydrogen-bond acceptors (Lipinski definition) is 2. The number of aryl methyl sites for hydroxylation is 1. The smallest absolute Gasteiger partial charge is 0.222 e. The average molecular weight is 407 g/mol. The molecule has 2 aromatic carbocycles. The molecule has 1 aromatic heterocycles. The molecule has 2 heterocycles. The largest absolute Gasteiger partial charge is 0.354 e. The molecule has 0 bridgehead atoms. The van der Waals surface area contributed by atoms with Gasteiger partial charge in [0.2, 0.25) is 11.8 Å². The molecule has 1 saturated heterocycles. The normalized spacial score (nSPS) is 14.7. The number of benzene rings is 2. The summed E-state index contributed by atoms with van der Waals surface area (Å²) in [6, 6.07) is 14.6. The Morgan fingerprint density at radius 2 is 1.73 bits per heavy atom. The average Bonchev–Trinajstić information content (AvgIpc) is 2.92. The maximum Gasteiger partial charge on any atom is 0.222 e. The minimum absolute atomic E-state index is 0.0534. The summed E-state index contributed by atoms with van der Waals surface area (Å²) in [6.07, 6.45) is 1.67. The number of fused-ring (bicyclic) bond motifs is 1. The van der Waals surface area contributed by atoms with Crippen LogP contribution in [-0.4, -0.2) is 52.8 Å². The van der Waals surface area contributed by atoms with Crippen molar-refractivity contribution in [1.82, 2.24) is 14.8 Å². The molecule has 4 rings (SSSR count). The van der Waals surface area contributed by atoms with Gasteiger partial charge in [0, 0.05) is 56.1 Å². The lowest BCUT2D eigenvalue weighted by Gasteiger charge is -2.21. The van der Waals surface area contributed by atoms with Gasteiger partial charge < -0.3 is 14.8 Å². The second kappa shape index (κ2) is 8.69. The van der Waals surface area contributed by atoms with Crippen LogP contribution in [0.4, 0.5) is 4.39 Å². The van der Waals surface area contributed by atoms with E-state index in [-0.39, 0.29) is 17.6 Å². The summed E-state index contributed by atoms with van der Waals surface area (Å²) in [6.45, 7) is 4.06. The van der Waals surface area contributed by atoms with Gasteiger partial charge in [-0.05, 0) is 42.2 Å². The zero-order valence-corrected chi connectivity index (χ0v) is 17.2. The lowest BCUT2D eigenvalue weighted by Crippen LogP contribution is -2.36. The minimum atomic E-state index is -0.287. The highest BCUT2D eigenvalue weighted by Gasteiger charge is 2.21. The molecule has 156 valence electrons. The summed E-state index contributed by atoms with van der Waals surface area (Å²) in [5, 5.41) is 0.820. The highest BCUT2D eigenvalue weighted by molar-refractivity contribution is 5.91. The number of aromatic nitrogens is 1. The van der Waals surface area contributed by atoms with Crippen molar-refractivity contribution in [3.05, 3.63) is 59.9 Å². The molecule has 6 heteroatoms. The molecule has 1 fully saturated rings.